The van der Waals surface area contributed by atoms with Gasteiger partial charge in [0.05, 0.1) is 5.56 Å². The number of alkyl halides is 3. The molecule has 0 aliphatic carbocycles. The van der Waals surface area contributed by atoms with Gasteiger partial charge in [0.2, 0.25) is 0 Å². The van der Waals surface area contributed by atoms with Crippen LogP contribution in [0.3, 0.4) is 0 Å². The number of rotatable bonds is 4. The lowest BCUT2D eigenvalue weighted by Crippen LogP contribution is -2.22. The van der Waals surface area contributed by atoms with Gasteiger partial charge in [-0.1, -0.05) is 6.07 Å². The number of amides is 1. The Hall–Kier alpha value is -2.65. The van der Waals surface area contributed by atoms with E-state index in [1.165, 1.54) is 0 Å². The molecule has 10 heteroatoms. The molecule has 22 heavy (non-hydrogen) atoms. The summed E-state index contributed by atoms with van der Waals surface area (Å²) >= 11 is 0. The van der Waals surface area contributed by atoms with Crippen molar-refractivity contribution >= 4 is 17.8 Å². The highest BCUT2D eigenvalue weighted by Crippen LogP contribution is 2.32. The third-order valence-electron chi connectivity index (χ3n) is 2.30. The number of carboxylic acid groups (broad SMARTS) is 1. The van der Waals surface area contributed by atoms with Crippen molar-refractivity contribution in [1.29, 1.82) is 0 Å². The van der Waals surface area contributed by atoms with Gasteiger partial charge in [-0.2, -0.15) is 18.3 Å². The fraction of sp³-hybridized carbons (Fsp3) is 0.250. The lowest BCUT2D eigenvalue weighted by molar-refractivity contribution is -0.140. The Kier molecular flexibility index (Phi) is 5.44. The molecule has 2 N–H and O–H groups in total. The number of hydrazone groups is 1. The first kappa shape index (κ1) is 17.4. The first-order valence-corrected chi connectivity index (χ1v) is 5.67. The van der Waals surface area contributed by atoms with Crippen molar-refractivity contribution in [1.82, 2.24) is 5.43 Å². The third kappa shape index (κ3) is 5.04. The Bertz CT molecular complexity index is 614. The normalized spacial score (nSPS) is 12.0. The molecule has 120 valence electrons. The molecule has 0 fully saturated rings. The first-order chi connectivity index (χ1) is 10.1. The molecule has 1 amide bonds. The minimum Gasteiger partial charge on any atom is -0.464 e. The van der Waals surface area contributed by atoms with Gasteiger partial charge in [-0.25, -0.2) is 14.6 Å². The lowest BCUT2D eigenvalue weighted by Gasteiger charge is -2.11. The molecule has 0 aliphatic heterocycles. The molecular weight excluding hydrogens is 312 g/mol. The summed E-state index contributed by atoms with van der Waals surface area (Å²) in [7, 11) is 0. The van der Waals surface area contributed by atoms with Crippen LogP contribution >= 0.6 is 0 Å². The largest absolute Gasteiger partial charge is 0.464 e. The Morgan fingerprint density at radius 1 is 1.36 bits per heavy atom. The van der Waals surface area contributed by atoms with Gasteiger partial charge in [0.15, 0.2) is 0 Å². The van der Waals surface area contributed by atoms with Crippen LogP contribution < -0.4 is 5.43 Å². The molecule has 0 saturated carbocycles. The van der Waals surface area contributed by atoms with E-state index < -0.39 is 36.2 Å². The van der Waals surface area contributed by atoms with Gasteiger partial charge in [0.25, 0.3) is 0 Å². The molecule has 1 rings (SSSR count). The zero-order valence-corrected chi connectivity index (χ0v) is 11.1. The summed E-state index contributed by atoms with van der Waals surface area (Å²) < 4.78 is 55.7. The van der Waals surface area contributed by atoms with Gasteiger partial charge in [-0.05, 0) is 12.1 Å². The molecule has 0 atom stereocenters. The summed E-state index contributed by atoms with van der Waals surface area (Å²) in [4.78, 5) is 21.1. The highest BCUT2D eigenvalue weighted by atomic mass is 19.4. The van der Waals surface area contributed by atoms with E-state index in [2.05, 4.69) is 9.84 Å². The predicted molar refractivity (Wildman–Crippen MR) is 65.7 cm³/mol. The van der Waals surface area contributed by atoms with Gasteiger partial charge >= 0.3 is 18.2 Å². The fourth-order valence-electron chi connectivity index (χ4n) is 1.39. The van der Waals surface area contributed by atoms with E-state index in [0.717, 1.165) is 13.0 Å². The maximum atomic E-state index is 13.2. The van der Waals surface area contributed by atoms with Gasteiger partial charge in [-0.3, -0.25) is 4.79 Å². The van der Waals surface area contributed by atoms with Crippen LogP contribution in [0.2, 0.25) is 0 Å². The van der Waals surface area contributed by atoms with Crippen molar-refractivity contribution < 1.29 is 37.0 Å². The first-order valence-electron chi connectivity index (χ1n) is 5.67. The number of carbonyl (C=O) groups is 2. The molecule has 0 saturated heterocycles. The third-order valence-corrected chi connectivity index (χ3v) is 2.30. The van der Waals surface area contributed by atoms with E-state index in [9.17, 15) is 27.2 Å². The summed E-state index contributed by atoms with van der Waals surface area (Å²) in [6.45, 7) is 0.465. The Labute approximate surface area is 121 Å². The SMILES string of the molecule is CC(=O)OCC(=NNC(=O)O)c1ccc(F)c(C(F)(F)F)c1. The Morgan fingerprint density at radius 2 is 2.00 bits per heavy atom. The zero-order chi connectivity index (χ0) is 16.9. The van der Waals surface area contributed by atoms with E-state index in [1.54, 1.807) is 5.43 Å². The summed E-state index contributed by atoms with van der Waals surface area (Å²) in [6.07, 6.45) is -6.51. The van der Waals surface area contributed by atoms with Crippen LogP contribution in [-0.2, 0) is 15.7 Å². The number of carbonyl (C=O) groups excluding carboxylic acids is 1. The Morgan fingerprint density at radius 3 is 2.50 bits per heavy atom. The van der Waals surface area contributed by atoms with Gasteiger partial charge < -0.3 is 9.84 Å². The zero-order valence-electron chi connectivity index (χ0n) is 11.1. The van der Waals surface area contributed by atoms with Crippen LogP contribution in [0, 0.1) is 5.82 Å². The van der Waals surface area contributed by atoms with E-state index in [0.29, 0.717) is 12.1 Å². The average molecular weight is 322 g/mol. The van der Waals surface area contributed by atoms with Crippen LogP contribution in [-0.4, -0.2) is 29.5 Å². The minimum atomic E-state index is -4.94. The summed E-state index contributed by atoms with van der Waals surface area (Å²) in [5, 5.41) is 11.8. The van der Waals surface area contributed by atoms with Gasteiger partial charge in [0.1, 0.15) is 18.1 Å². The number of halogens is 4. The minimum absolute atomic E-state index is 0.247. The quantitative estimate of drug-likeness (QED) is 0.385. The molecule has 0 spiro atoms. The molecule has 1 aromatic rings. The number of hydrogen-bond acceptors (Lipinski definition) is 4. The standard InChI is InChI=1S/C12H10F4N2O4/c1-6(19)22-5-10(17-18-11(20)21)7-2-3-9(13)8(4-7)12(14,15)16/h2-4,18H,5H2,1H3,(H,20,21). The molecule has 0 aromatic heterocycles. The predicted octanol–water partition coefficient (Wildman–Crippen LogP) is 2.38. The lowest BCUT2D eigenvalue weighted by atomic mass is 10.1. The summed E-state index contributed by atoms with van der Waals surface area (Å²) in [5.74, 6) is -2.24. The molecular formula is C12H10F4N2O4. The van der Waals surface area contributed by atoms with Crippen molar-refractivity contribution in [3.63, 3.8) is 0 Å². The number of esters is 1. The van der Waals surface area contributed by atoms with Crippen LogP contribution in [0.5, 0.6) is 0 Å². The van der Waals surface area contributed by atoms with Crippen molar-refractivity contribution in [3.05, 3.63) is 35.1 Å². The molecule has 0 radical (unpaired) electrons. The van der Waals surface area contributed by atoms with E-state index >= 15 is 0 Å². The van der Waals surface area contributed by atoms with Crippen molar-refractivity contribution in [3.8, 4) is 0 Å². The molecule has 6 nitrogen and oxygen atoms in total. The topological polar surface area (TPSA) is 88.0 Å². The smallest absolute Gasteiger partial charge is 0.425 e. The maximum Gasteiger partial charge on any atom is 0.425 e. The highest BCUT2D eigenvalue weighted by molar-refractivity contribution is 6.02. The molecule has 0 bridgehead atoms. The number of nitrogens with zero attached hydrogens (tertiary/aromatic N) is 1. The van der Waals surface area contributed by atoms with Crippen LogP contribution in [0.25, 0.3) is 0 Å². The van der Waals surface area contributed by atoms with Crippen LogP contribution in [0.15, 0.2) is 23.3 Å². The van der Waals surface area contributed by atoms with Crippen LogP contribution in [0.4, 0.5) is 22.4 Å². The maximum absolute atomic E-state index is 13.2. The van der Waals surface area contributed by atoms with Gasteiger partial charge in [-0.15, -0.1) is 0 Å². The monoisotopic (exact) mass is 322 g/mol. The second-order valence-corrected chi connectivity index (χ2v) is 3.95. The van der Waals surface area contributed by atoms with Crippen molar-refractivity contribution in [2.75, 3.05) is 6.61 Å². The average Bonchev–Trinajstić information content (AvgIpc) is 2.38. The highest BCUT2D eigenvalue weighted by Gasteiger charge is 2.34. The number of nitrogens with one attached hydrogen (secondary N) is 1. The molecule has 1 aromatic carbocycles. The van der Waals surface area contributed by atoms with Crippen molar-refractivity contribution in [2.24, 2.45) is 5.10 Å². The second-order valence-electron chi connectivity index (χ2n) is 3.95. The summed E-state index contributed by atoms with van der Waals surface area (Å²) in [5.41, 5.74) is -0.530. The van der Waals surface area contributed by atoms with Crippen LogP contribution in [0.1, 0.15) is 18.1 Å². The fourth-order valence-corrected chi connectivity index (χ4v) is 1.39. The molecule has 0 heterocycles. The Balaban J connectivity index is 3.21. The second kappa shape index (κ2) is 6.87. The molecule has 0 unspecified atom stereocenters. The molecule has 0 aliphatic rings. The number of benzene rings is 1. The van der Waals surface area contributed by atoms with Crippen molar-refractivity contribution in [2.45, 2.75) is 13.1 Å². The van der Waals surface area contributed by atoms with E-state index in [1.807, 2.05) is 0 Å². The van der Waals surface area contributed by atoms with E-state index in [4.69, 9.17) is 5.11 Å². The number of hydrogen-bond donors (Lipinski definition) is 2. The number of ether oxygens (including phenoxy) is 1. The summed E-state index contributed by atoms with van der Waals surface area (Å²) in [6, 6.07) is 1.96. The van der Waals surface area contributed by atoms with Gasteiger partial charge in [0, 0.05) is 12.5 Å². The van der Waals surface area contributed by atoms with E-state index in [-0.39, 0.29) is 11.3 Å².